The lowest BCUT2D eigenvalue weighted by molar-refractivity contribution is 0.102. The van der Waals surface area contributed by atoms with E-state index >= 15 is 0 Å². The Morgan fingerprint density at radius 2 is 2.35 bits per heavy atom. The fraction of sp³-hybridized carbons (Fsp3) is 0.231. The van der Waals surface area contributed by atoms with Gasteiger partial charge >= 0.3 is 0 Å². The number of carbonyl (C=O) groups is 1. The molecule has 0 bridgehead atoms. The third-order valence-corrected chi connectivity index (χ3v) is 3.95. The first-order chi connectivity index (χ1) is 9.63. The van der Waals surface area contributed by atoms with Crippen molar-refractivity contribution >= 4 is 38.9 Å². The molecule has 0 saturated carbocycles. The van der Waals surface area contributed by atoms with E-state index < -0.39 is 0 Å². The third-order valence-electron chi connectivity index (χ3n) is 2.55. The molecule has 0 unspecified atom stereocenters. The van der Waals surface area contributed by atoms with Gasteiger partial charge in [0.2, 0.25) is 0 Å². The molecular weight excluding hydrogens is 342 g/mol. The number of halogens is 1. The predicted octanol–water partition coefficient (Wildman–Crippen LogP) is 2.67. The maximum atomic E-state index is 12.1. The number of methoxy groups -OCH3 is 1. The van der Waals surface area contributed by atoms with Crippen LogP contribution >= 0.6 is 27.3 Å². The predicted molar refractivity (Wildman–Crippen MR) is 83.5 cm³/mol. The maximum absolute atomic E-state index is 12.1. The van der Waals surface area contributed by atoms with E-state index in [4.69, 9.17) is 10.5 Å². The molecule has 3 N–H and O–H groups in total. The van der Waals surface area contributed by atoms with Crippen LogP contribution in [-0.2, 0) is 6.42 Å². The van der Waals surface area contributed by atoms with Crippen molar-refractivity contribution in [1.29, 1.82) is 0 Å². The van der Waals surface area contributed by atoms with E-state index in [1.807, 2.05) is 6.07 Å². The number of rotatable bonds is 5. The molecule has 1 amide bonds. The molecule has 0 aliphatic carbocycles. The average Bonchev–Trinajstić information content (AvgIpc) is 2.88. The number of hydrogen-bond donors (Lipinski definition) is 2. The minimum absolute atomic E-state index is 0.263. The van der Waals surface area contributed by atoms with Crippen molar-refractivity contribution in [3.8, 4) is 5.75 Å². The molecule has 7 heteroatoms. The van der Waals surface area contributed by atoms with E-state index in [1.165, 1.54) is 11.3 Å². The number of ether oxygens (including phenoxy) is 1. The van der Waals surface area contributed by atoms with E-state index in [0.717, 1.165) is 9.48 Å². The van der Waals surface area contributed by atoms with Crippen LogP contribution in [0.15, 0.2) is 28.1 Å². The molecule has 106 valence electrons. The third kappa shape index (κ3) is 3.56. The zero-order valence-corrected chi connectivity index (χ0v) is 13.3. The van der Waals surface area contributed by atoms with Crippen LogP contribution in [0.3, 0.4) is 0 Å². The number of nitrogens with zero attached hydrogens (tertiary/aromatic N) is 1. The van der Waals surface area contributed by atoms with Gasteiger partial charge in [-0.1, -0.05) is 15.9 Å². The molecule has 2 rings (SSSR count). The van der Waals surface area contributed by atoms with E-state index in [1.54, 1.807) is 24.6 Å². The molecule has 0 fully saturated rings. The molecule has 0 atom stereocenters. The van der Waals surface area contributed by atoms with Crippen molar-refractivity contribution < 1.29 is 9.53 Å². The summed E-state index contributed by atoms with van der Waals surface area (Å²) in [5.74, 6) is 0.333. The number of carbonyl (C=O) groups excluding carboxylic acids is 1. The smallest absolute Gasteiger partial charge is 0.275 e. The van der Waals surface area contributed by atoms with E-state index in [0.29, 0.717) is 30.1 Å². The number of nitrogens with two attached hydrogens (primary N) is 1. The number of hydrogen-bond acceptors (Lipinski definition) is 5. The van der Waals surface area contributed by atoms with Crippen molar-refractivity contribution in [1.82, 2.24) is 4.98 Å². The molecule has 0 saturated heterocycles. The maximum Gasteiger partial charge on any atom is 0.275 e. The van der Waals surface area contributed by atoms with Crippen molar-refractivity contribution in [2.75, 3.05) is 19.0 Å². The van der Waals surface area contributed by atoms with Gasteiger partial charge in [-0.3, -0.25) is 4.79 Å². The van der Waals surface area contributed by atoms with Gasteiger partial charge in [0.05, 0.1) is 17.8 Å². The minimum Gasteiger partial charge on any atom is -0.495 e. The Labute approximate surface area is 129 Å². The van der Waals surface area contributed by atoms with Crippen LogP contribution in [0.1, 0.15) is 15.5 Å². The van der Waals surface area contributed by atoms with Gasteiger partial charge in [-0.05, 0) is 24.7 Å². The number of thiazole rings is 1. The summed E-state index contributed by atoms with van der Waals surface area (Å²) in [5.41, 5.74) is 6.46. The fourth-order valence-corrected chi connectivity index (χ4v) is 2.77. The number of amides is 1. The SMILES string of the molecule is COc1ccc(Br)cc1NC(=O)c1csc(CCN)n1. The second-order valence-electron chi connectivity index (χ2n) is 3.96. The normalized spacial score (nSPS) is 10.3. The second-order valence-corrected chi connectivity index (χ2v) is 5.82. The van der Waals surface area contributed by atoms with Gasteiger partial charge < -0.3 is 15.8 Å². The van der Waals surface area contributed by atoms with Crippen LogP contribution in [0.25, 0.3) is 0 Å². The van der Waals surface area contributed by atoms with Crippen LogP contribution in [-0.4, -0.2) is 24.5 Å². The highest BCUT2D eigenvalue weighted by atomic mass is 79.9. The quantitative estimate of drug-likeness (QED) is 0.864. The molecule has 1 aromatic heterocycles. The Morgan fingerprint density at radius 3 is 3.05 bits per heavy atom. The minimum atomic E-state index is -0.263. The first-order valence-electron chi connectivity index (χ1n) is 5.93. The molecule has 2 aromatic rings. The van der Waals surface area contributed by atoms with Crippen LogP contribution in [0, 0.1) is 0 Å². The standard InChI is InChI=1S/C13H14BrN3O2S/c1-19-11-3-2-8(14)6-9(11)17-13(18)10-7-20-12(16-10)4-5-15/h2-3,6-7H,4-5,15H2,1H3,(H,17,18). The highest BCUT2D eigenvalue weighted by Gasteiger charge is 2.13. The molecule has 1 heterocycles. The van der Waals surface area contributed by atoms with Crippen LogP contribution in [0.2, 0.25) is 0 Å². The van der Waals surface area contributed by atoms with E-state index in [9.17, 15) is 4.79 Å². The highest BCUT2D eigenvalue weighted by Crippen LogP contribution is 2.28. The zero-order valence-electron chi connectivity index (χ0n) is 10.9. The summed E-state index contributed by atoms with van der Waals surface area (Å²) in [6.45, 7) is 0.522. The van der Waals surface area contributed by atoms with Crippen molar-refractivity contribution in [3.63, 3.8) is 0 Å². The van der Waals surface area contributed by atoms with Crippen LogP contribution < -0.4 is 15.8 Å². The Kier molecular flexibility index (Phi) is 5.11. The molecule has 0 aliphatic rings. The van der Waals surface area contributed by atoms with Gasteiger partial charge in [-0.25, -0.2) is 4.98 Å². The molecule has 20 heavy (non-hydrogen) atoms. The second kappa shape index (κ2) is 6.83. The van der Waals surface area contributed by atoms with Crippen LogP contribution in [0.5, 0.6) is 5.75 Å². The number of anilines is 1. The van der Waals surface area contributed by atoms with E-state index in [-0.39, 0.29) is 5.91 Å². The van der Waals surface area contributed by atoms with Crippen LogP contribution in [0.4, 0.5) is 5.69 Å². The number of aromatic nitrogens is 1. The summed E-state index contributed by atoms with van der Waals surface area (Å²) in [5, 5.41) is 5.38. The Morgan fingerprint density at radius 1 is 1.55 bits per heavy atom. The summed E-state index contributed by atoms with van der Waals surface area (Å²) < 4.78 is 6.07. The van der Waals surface area contributed by atoms with Gasteiger partial charge in [0, 0.05) is 16.3 Å². The van der Waals surface area contributed by atoms with Crippen molar-refractivity contribution in [2.24, 2.45) is 5.73 Å². The fourth-order valence-electron chi connectivity index (χ4n) is 1.62. The largest absolute Gasteiger partial charge is 0.495 e. The highest BCUT2D eigenvalue weighted by molar-refractivity contribution is 9.10. The lowest BCUT2D eigenvalue weighted by Gasteiger charge is -2.09. The lowest BCUT2D eigenvalue weighted by atomic mass is 10.3. The van der Waals surface area contributed by atoms with Gasteiger partial charge in [-0.2, -0.15) is 0 Å². The Bertz CT molecular complexity index is 615. The summed E-state index contributed by atoms with van der Waals surface area (Å²) in [4.78, 5) is 16.4. The molecule has 1 aromatic carbocycles. The Hall–Kier alpha value is -1.44. The van der Waals surface area contributed by atoms with Gasteiger partial charge in [0.15, 0.2) is 0 Å². The summed E-state index contributed by atoms with van der Waals surface area (Å²) in [6, 6.07) is 5.40. The first-order valence-corrected chi connectivity index (χ1v) is 7.60. The number of nitrogens with one attached hydrogen (secondary N) is 1. The molecule has 0 spiro atoms. The molecule has 5 nitrogen and oxygen atoms in total. The Balaban J connectivity index is 2.16. The monoisotopic (exact) mass is 355 g/mol. The van der Waals surface area contributed by atoms with Gasteiger partial charge in [-0.15, -0.1) is 11.3 Å². The summed E-state index contributed by atoms with van der Waals surface area (Å²) in [6.07, 6.45) is 0.679. The topological polar surface area (TPSA) is 77.2 Å². The number of benzene rings is 1. The molecule has 0 radical (unpaired) electrons. The summed E-state index contributed by atoms with van der Waals surface area (Å²) in [7, 11) is 1.56. The van der Waals surface area contributed by atoms with Crippen molar-refractivity contribution in [2.45, 2.75) is 6.42 Å². The molecule has 0 aliphatic heterocycles. The first kappa shape index (κ1) is 15.0. The summed E-state index contributed by atoms with van der Waals surface area (Å²) >= 11 is 4.80. The van der Waals surface area contributed by atoms with Gasteiger partial charge in [0.25, 0.3) is 5.91 Å². The van der Waals surface area contributed by atoms with Crippen molar-refractivity contribution in [3.05, 3.63) is 38.8 Å². The lowest BCUT2D eigenvalue weighted by Crippen LogP contribution is -2.13. The van der Waals surface area contributed by atoms with Gasteiger partial charge in [0.1, 0.15) is 11.4 Å². The zero-order chi connectivity index (χ0) is 14.5. The average molecular weight is 356 g/mol. The molecular formula is C13H14BrN3O2S. The van der Waals surface area contributed by atoms with E-state index in [2.05, 4.69) is 26.2 Å².